The second kappa shape index (κ2) is 14.0. The number of para-hydroxylation sites is 1. The van der Waals surface area contributed by atoms with Crippen molar-refractivity contribution in [2.24, 2.45) is 11.8 Å². The van der Waals surface area contributed by atoms with E-state index < -0.39 is 35.2 Å². The van der Waals surface area contributed by atoms with Crippen molar-refractivity contribution in [1.82, 2.24) is 20.2 Å². The molecule has 1 aliphatic carbocycles. The molecule has 1 aromatic heterocycles. The van der Waals surface area contributed by atoms with Crippen LogP contribution in [0.3, 0.4) is 0 Å². The topological polar surface area (TPSA) is 150 Å². The fourth-order valence-electron chi connectivity index (χ4n) is 5.91. The van der Waals surface area contributed by atoms with Crippen LogP contribution < -0.4 is 21.9 Å². The van der Waals surface area contributed by atoms with E-state index in [1.54, 1.807) is 24.3 Å². The number of aromatic nitrogens is 2. The van der Waals surface area contributed by atoms with E-state index in [2.05, 4.69) is 15.6 Å². The number of rotatable bonds is 11. The summed E-state index contributed by atoms with van der Waals surface area (Å²) in [5.74, 6) is -2.01. The average Bonchev–Trinajstić information content (AvgIpc) is 3.04. The minimum absolute atomic E-state index is 0.0560. The first-order chi connectivity index (χ1) is 21.3. The van der Waals surface area contributed by atoms with Crippen LogP contribution in [0.2, 0.25) is 0 Å². The summed E-state index contributed by atoms with van der Waals surface area (Å²) in [5.41, 5.74) is 0.631. The number of hydrogen-bond donors (Lipinski definition) is 4. The van der Waals surface area contributed by atoms with Crippen molar-refractivity contribution in [2.45, 2.75) is 50.6 Å². The summed E-state index contributed by atoms with van der Waals surface area (Å²) in [4.78, 5) is 68.5. The number of aliphatic carboxylic acids is 1. The van der Waals surface area contributed by atoms with Gasteiger partial charge in [-0.1, -0.05) is 72.8 Å². The zero-order chi connectivity index (χ0) is 31.1. The van der Waals surface area contributed by atoms with Gasteiger partial charge in [-0.2, -0.15) is 0 Å². The summed E-state index contributed by atoms with van der Waals surface area (Å²) >= 11 is 0. The summed E-state index contributed by atoms with van der Waals surface area (Å²) in [7, 11) is 0. The molecule has 228 valence electrons. The Morgan fingerprint density at radius 1 is 0.795 bits per heavy atom. The van der Waals surface area contributed by atoms with Crippen molar-refractivity contribution in [2.75, 3.05) is 6.54 Å². The van der Waals surface area contributed by atoms with Gasteiger partial charge in [-0.15, -0.1) is 0 Å². The maximum absolute atomic E-state index is 14.0. The van der Waals surface area contributed by atoms with E-state index in [-0.39, 0.29) is 36.0 Å². The maximum atomic E-state index is 14.0. The Kier molecular flexibility index (Phi) is 9.69. The molecule has 0 spiro atoms. The molecule has 0 radical (unpaired) electrons. The summed E-state index contributed by atoms with van der Waals surface area (Å²) in [5, 5.41) is 15.4. The van der Waals surface area contributed by atoms with Gasteiger partial charge in [0.05, 0.1) is 16.8 Å². The lowest BCUT2D eigenvalue weighted by molar-refractivity contribution is -0.143. The molecule has 0 bridgehead atoms. The summed E-state index contributed by atoms with van der Waals surface area (Å²) in [6, 6.07) is 22.8. The first kappa shape index (κ1) is 30.5. The third kappa shape index (κ3) is 7.31. The fraction of sp³-hybridized carbons (Fsp3) is 0.324. The predicted molar refractivity (Wildman–Crippen MR) is 166 cm³/mol. The highest BCUT2D eigenvalue weighted by Gasteiger charge is 2.31. The monoisotopic (exact) mass is 596 g/mol. The van der Waals surface area contributed by atoms with E-state index in [0.717, 1.165) is 15.7 Å². The maximum Gasteiger partial charge on any atom is 0.329 e. The van der Waals surface area contributed by atoms with Crippen molar-refractivity contribution in [1.29, 1.82) is 0 Å². The first-order valence-corrected chi connectivity index (χ1v) is 14.9. The number of carbonyl (C=O) groups excluding carboxylic acids is 2. The number of carbonyl (C=O) groups is 3. The molecule has 0 aliphatic heterocycles. The number of nitrogens with one attached hydrogen (secondary N) is 3. The quantitative estimate of drug-likeness (QED) is 0.209. The van der Waals surface area contributed by atoms with E-state index in [4.69, 9.17) is 0 Å². The molecule has 10 nitrogen and oxygen atoms in total. The lowest BCUT2D eigenvalue weighted by Crippen LogP contribution is -2.53. The molecule has 3 aromatic carbocycles. The van der Waals surface area contributed by atoms with Gasteiger partial charge in [0.15, 0.2) is 0 Å². The summed E-state index contributed by atoms with van der Waals surface area (Å²) in [6.45, 7) is 0.365. The zero-order valence-corrected chi connectivity index (χ0v) is 24.3. The molecule has 44 heavy (non-hydrogen) atoms. The van der Waals surface area contributed by atoms with Gasteiger partial charge < -0.3 is 20.7 Å². The Bertz CT molecular complexity index is 1730. The van der Waals surface area contributed by atoms with Crippen LogP contribution in [0.1, 0.15) is 42.9 Å². The van der Waals surface area contributed by atoms with Crippen molar-refractivity contribution >= 4 is 28.7 Å². The van der Waals surface area contributed by atoms with Crippen LogP contribution >= 0.6 is 0 Å². The Hall–Kier alpha value is -4.99. The zero-order valence-electron chi connectivity index (χ0n) is 24.3. The van der Waals surface area contributed by atoms with Gasteiger partial charge in [-0.25, -0.2) is 9.36 Å². The van der Waals surface area contributed by atoms with Crippen LogP contribution in [0, 0.1) is 11.8 Å². The Labute approximate surface area is 254 Å². The lowest BCUT2D eigenvalue weighted by atomic mass is 9.82. The normalized spacial score (nSPS) is 17.8. The largest absolute Gasteiger partial charge is 0.481 e. The number of nitrogens with zero attached hydrogens (tertiary/aromatic N) is 1. The Morgan fingerprint density at radius 2 is 1.39 bits per heavy atom. The molecule has 4 aromatic rings. The van der Waals surface area contributed by atoms with E-state index in [1.165, 1.54) is 0 Å². The second-order valence-corrected chi connectivity index (χ2v) is 11.4. The van der Waals surface area contributed by atoms with Gasteiger partial charge >= 0.3 is 11.7 Å². The minimum Gasteiger partial charge on any atom is -0.481 e. The van der Waals surface area contributed by atoms with Crippen LogP contribution in [0.4, 0.5) is 0 Å². The van der Waals surface area contributed by atoms with E-state index in [9.17, 15) is 29.1 Å². The number of carboxylic acids is 1. The molecule has 5 rings (SSSR count). The number of H-pyrrole nitrogens is 1. The SMILES string of the molecule is O=C(O)C1CCC(CNC(=O)[C@@H](Cc2ccccc2)NC(=O)[C@H](Cc2ccccc2)n2c(=O)[nH]c3ccccc3c2=O)CC1. The molecule has 1 aliphatic rings. The number of hydrogen-bond acceptors (Lipinski definition) is 5. The van der Waals surface area contributed by atoms with Crippen LogP contribution in [0.25, 0.3) is 10.9 Å². The molecule has 4 N–H and O–H groups in total. The molecule has 10 heteroatoms. The Balaban J connectivity index is 1.41. The minimum atomic E-state index is -1.23. The smallest absolute Gasteiger partial charge is 0.329 e. The van der Waals surface area contributed by atoms with Gasteiger partial charge in [0.25, 0.3) is 5.56 Å². The Morgan fingerprint density at radius 3 is 2.02 bits per heavy atom. The second-order valence-electron chi connectivity index (χ2n) is 11.4. The third-order valence-corrected chi connectivity index (χ3v) is 8.40. The molecule has 1 fully saturated rings. The number of aromatic amines is 1. The van der Waals surface area contributed by atoms with Crippen LogP contribution in [0.5, 0.6) is 0 Å². The first-order valence-electron chi connectivity index (χ1n) is 14.9. The molecule has 0 saturated heterocycles. The highest BCUT2D eigenvalue weighted by atomic mass is 16.4. The molecular weight excluding hydrogens is 560 g/mol. The van der Waals surface area contributed by atoms with Crippen LogP contribution in [0.15, 0.2) is 94.5 Å². The molecular formula is C34H36N4O6. The number of fused-ring (bicyclic) bond motifs is 1. The molecule has 2 atom stereocenters. The predicted octanol–water partition coefficient (Wildman–Crippen LogP) is 3.21. The van der Waals surface area contributed by atoms with Gasteiger partial charge in [0, 0.05) is 19.4 Å². The highest BCUT2D eigenvalue weighted by Crippen LogP contribution is 2.28. The summed E-state index contributed by atoms with van der Waals surface area (Å²) in [6.07, 6.45) is 2.78. The van der Waals surface area contributed by atoms with Crippen molar-refractivity contribution in [3.8, 4) is 0 Å². The average molecular weight is 597 g/mol. The van der Waals surface area contributed by atoms with Crippen molar-refractivity contribution in [3.63, 3.8) is 0 Å². The van der Waals surface area contributed by atoms with Crippen LogP contribution in [-0.2, 0) is 27.2 Å². The molecule has 2 amide bonds. The van der Waals surface area contributed by atoms with Gasteiger partial charge in [-0.3, -0.25) is 19.2 Å². The summed E-state index contributed by atoms with van der Waals surface area (Å²) < 4.78 is 0.934. The molecule has 1 saturated carbocycles. The van der Waals surface area contributed by atoms with E-state index >= 15 is 0 Å². The molecule has 1 heterocycles. The van der Waals surface area contributed by atoms with Crippen LogP contribution in [-0.4, -0.2) is 45.0 Å². The van der Waals surface area contributed by atoms with Gasteiger partial charge in [-0.05, 0) is 54.9 Å². The number of carboxylic acid groups (broad SMARTS) is 1. The lowest BCUT2D eigenvalue weighted by Gasteiger charge is -2.27. The standard InChI is InChI=1S/C34H36N4O6/c39-30(35-21-24-15-17-25(18-16-24)33(42)43)28(19-22-9-3-1-4-10-22)36-31(40)29(20-23-11-5-2-6-12-23)38-32(41)26-13-7-8-14-27(26)37-34(38)44/h1-14,24-25,28-29H,15-21H2,(H,35,39)(H,36,40)(H,37,44)(H,42,43)/t24?,25?,28-,29+/m1/s1. The fourth-order valence-corrected chi connectivity index (χ4v) is 5.91. The third-order valence-electron chi connectivity index (χ3n) is 8.40. The van der Waals surface area contributed by atoms with Gasteiger partial charge in [0.1, 0.15) is 12.1 Å². The van der Waals surface area contributed by atoms with E-state index in [0.29, 0.717) is 37.7 Å². The number of amides is 2. The van der Waals surface area contributed by atoms with Gasteiger partial charge in [0.2, 0.25) is 11.8 Å². The van der Waals surface area contributed by atoms with E-state index in [1.807, 2.05) is 60.7 Å². The van der Waals surface area contributed by atoms with Crippen molar-refractivity contribution in [3.05, 3.63) is 117 Å². The highest BCUT2D eigenvalue weighted by molar-refractivity contribution is 5.89. The van der Waals surface area contributed by atoms with Crippen molar-refractivity contribution < 1.29 is 19.5 Å². The molecule has 0 unspecified atom stereocenters. The number of benzene rings is 3.